The monoisotopic (exact) mass is 430 g/mol. The van der Waals surface area contributed by atoms with Gasteiger partial charge in [-0.2, -0.15) is 0 Å². The lowest BCUT2D eigenvalue weighted by atomic mass is 9.78. The fourth-order valence-electron chi connectivity index (χ4n) is 4.42. The van der Waals surface area contributed by atoms with Crippen LogP contribution >= 0.6 is 12.2 Å². The maximum absolute atomic E-state index is 13.0. The topological polar surface area (TPSA) is 70.1 Å². The van der Waals surface area contributed by atoms with Crippen LogP contribution in [-0.2, 0) is 6.54 Å². The second-order valence-corrected chi connectivity index (χ2v) is 8.91. The molecule has 0 unspecified atom stereocenters. The van der Waals surface area contributed by atoms with E-state index in [0.717, 1.165) is 32.5 Å². The first-order valence-corrected chi connectivity index (χ1v) is 11.6. The highest BCUT2D eigenvalue weighted by atomic mass is 32.1. The molecule has 3 atom stereocenters. The highest BCUT2D eigenvalue weighted by molar-refractivity contribution is 7.71. The summed E-state index contributed by atoms with van der Waals surface area (Å²) in [6, 6.07) is 5.41. The van der Waals surface area contributed by atoms with Crippen LogP contribution < -0.4 is 10.9 Å². The van der Waals surface area contributed by atoms with Crippen LogP contribution in [0.1, 0.15) is 57.3 Å². The summed E-state index contributed by atoms with van der Waals surface area (Å²) in [6.45, 7) is 11.9. The van der Waals surface area contributed by atoms with Crippen LogP contribution in [0.5, 0.6) is 0 Å². The van der Waals surface area contributed by atoms with Crippen LogP contribution in [0.2, 0.25) is 0 Å². The number of likely N-dealkylation sites (N-methyl/N-ethyl adjacent to an activating group) is 1. The molecule has 3 rings (SSSR count). The Morgan fingerprint density at radius 2 is 2.00 bits per heavy atom. The van der Waals surface area contributed by atoms with E-state index in [9.17, 15) is 9.59 Å². The highest BCUT2D eigenvalue weighted by Gasteiger charge is 2.28. The second-order valence-electron chi connectivity index (χ2n) is 8.52. The van der Waals surface area contributed by atoms with Crippen molar-refractivity contribution < 1.29 is 4.79 Å². The molecule has 0 radical (unpaired) electrons. The van der Waals surface area contributed by atoms with Gasteiger partial charge in [0.05, 0.1) is 10.9 Å². The molecule has 2 aromatic rings. The first kappa shape index (κ1) is 22.7. The van der Waals surface area contributed by atoms with Crippen molar-refractivity contribution in [3.63, 3.8) is 0 Å². The molecule has 1 aromatic heterocycles. The number of aromatic nitrogens is 2. The Morgan fingerprint density at radius 3 is 2.70 bits per heavy atom. The third-order valence-electron chi connectivity index (χ3n) is 6.80. The molecule has 0 spiro atoms. The Morgan fingerprint density at radius 1 is 1.27 bits per heavy atom. The summed E-state index contributed by atoms with van der Waals surface area (Å²) < 4.78 is 2.01. The minimum Gasteiger partial charge on any atom is -0.349 e. The summed E-state index contributed by atoms with van der Waals surface area (Å²) >= 11 is 5.45. The number of hydrogen-bond donors (Lipinski definition) is 2. The van der Waals surface area contributed by atoms with Crippen molar-refractivity contribution in [2.24, 2.45) is 11.8 Å². The number of H-pyrrole nitrogens is 1. The van der Waals surface area contributed by atoms with Crippen LogP contribution in [0.25, 0.3) is 10.9 Å². The first-order valence-electron chi connectivity index (χ1n) is 11.2. The molecule has 7 heteroatoms. The smallest absolute Gasteiger partial charge is 0.262 e. The van der Waals surface area contributed by atoms with Crippen molar-refractivity contribution in [1.82, 2.24) is 19.8 Å². The molecule has 0 saturated heterocycles. The number of nitrogens with zero attached hydrogens (tertiary/aromatic N) is 2. The van der Waals surface area contributed by atoms with Crippen LogP contribution in [-0.4, -0.2) is 46.0 Å². The van der Waals surface area contributed by atoms with Gasteiger partial charge >= 0.3 is 0 Å². The van der Waals surface area contributed by atoms with Crippen molar-refractivity contribution >= 4 is 29.0 Å². The number of carbonyl (C=O) groups excluding carboxylic acids is 1. The van der Waals surface area contributed by atoms with Crippen LogP contribution in [0, 0.1) is 16.6 Å². The zero-order valence-electron chi connectivity index (χ0n) is 18.5. The van der Waals surface area contributed by atoms with Gasteiger partial charge in [0.1, 0.15) is 0 Å². The van der Waals surface area contributed by atoms with Gasteiger partial charge in [0, 0.05) is 24.7 Å². The standard InChI is InChI=1S/C23H34N4O2S/c1-5-26(6-2)12-13-27-22(29)18-11-10-17(14-20(18)25-23(27)30)21(28)24-19-9-7-8-15(3)16(19)4/h10-11,14-16,19H,5-9,12-13H2,1-4H3,(H,24,28)(H,25,30)/t15-,16-,19+/m0/s1. The minimum absolute atomic E-state index is 0.0899. The molecular weight excluding hydrogens is 396 g/mol. The number of hydrogen-bond acceptors (Lipinski definition) is 4. The van der Waals surface area contributed by atoms with E-state index in [-0.39, 0.29) is 17.5 Å². The van der Waals surface area contributed by atoms with E-state index in [1.54, 1.807) is 22.8 Å². The number of amides is 1. The molecule has 1 amide bonds. The molecule has 1 heterocycles. The molecule has 0 aliphatic heterocycles. The van der Waals surface area contributed by atoms with Crippen molar-refractivity contribution in [1.29, 1.82) is 0 Å². The molecule has 1 saturated carbocycles. The van der Waals surface area contributed by atoms with Crippen molar-refractivity contribution in [2.75, 3.05) is 19.6 Å². The fourth-order valence-corrected chi connectivity index (χ4v) is 4.70. The van der Waals surface area contributed by atoms with E-state index in [1.165, 1.54) is 6.42 Å². The number of carbonyl (C=O) groups is 1. The number of aromatic amines is 1. The van der Waals surface area contributed by atoms with Gasteiger partial charge < -0.3 is 15.2 Å². The van der Waals surface area contributed by atoms with Gasteiger partial charge in [0.25, 0.3) is 11.5 Å². The van der Waals surface area contributed by atoms with Gasteiger partial charge in [-0.25, -0.2) is 0 Å². The Balaban J connectivity index is 1.82. The molecule has 1 aliphatic rings. The summed E-state index contributed by atoms with van der Waals surface area (Å²) in [5.41, 5.74) is 1.06. The Labute approximate surface area is 183 Å². The minimum atomic E-state index is -0.109. The van der Waals surface area contributed by atoms with E-state index in [1.807, 2.05) is 0 Å². The maximum atomic E-state index is 13.0. The molecule has 6 nitrogen and oxygen atoms in total. The highest BCUT2D eigenvalue weighted by Crippen LogP contribution is 2.29. The number of rotatable bonds is 7. The lowest BCUT2D eigenvalue weighted by Gasteiger charge is -2.34. The first-order chi connectivity index (χ1) is 14.3. The normalized spacial score (nSPS) is 21.8. The van der Waals surface area contributed by atoms with Gasteiger partial charge in [0.2, 0.25) is 0 Å². The average molecular weight is 431 g/mol. The van der Waals surface area contributed by atoms with E-state index >= 15 is 0 Å². The third-order valence-corrected chi connectivity index (χ3v) is 7.12. The molecule has 164 valence electrons. The molecule has 1 aliphatic carbocycles. The van der Waals surface area contributed by atoms with Crippen LogP contribution in [0.15, 0.2) is 23.0 Å². The predicted molar refractivity (Wildman–Crippen MR) is 125 cm³/mol. The Bertz CT molecular complexity index is 1010. The van der Waals surface area contributed by atoms with Gasteiger partial charge in [-0.1, -0.05) is 40.5 Å². The lowest BCUT2D eigenvalue weighted by molar-refractivity contribution is 0.0891. The van der Waals surface area contributed by atoms with E-state index in [2.05, 4.69) is 42.9 Å². The quantitative estimate of drug-likeness (QED) is 0.653. The maximum Gasteiger partial charge on any atom is 0.262 e. The number of benzene rings is 1. The predicted octanol–water partition coefficient (Wildman–Crippen LogP) is 3.96. The zero-order chi connectivity index (χ0) is 21.8. The average Bonchev–Trinajstić information content (AvgIpc) is 2.73. The van der Waals surface area contributed by atoms with Crippen molar-refractivity contribution in [2.45, 2.75) is 59.5 Å². The third kappa shape index (κ3) is 4.83. The summed E-state index contributed by atoms with van der Waals surface area (Å²) in [7, 11) is 0. The number of fused-ring (bicyclic) bond motifs is 1. The lowest BCUT2D eigenvalue weighted by Crippen LogP contribution is -2.43. The molecule has 0 bridgehead atoms. The van der Waals surface area contributed by atoms with Crippen molar-refractivity contribution in [3.8, 4) is 0 Å². The van der Waals surface area contributed by atoms with E-state index < -0.39 is 0 Å². The summed E-state index contributed by atoms with van der Waals surface area (Å²) in [5, 5.41) is 3.75. The van der Waals surface area contributed by atoms with Gasteiger partial charge in [-0.3, -0.25) is 14.2 Å². The van der Waals surface area contributed by atoms with Crippen molar-refractivity contribution in [3.05, 3.63) is 38.9 Å². The molecule has 1 fully saturated rings. The fraction of sp³-hybridized carbons (Fsp3) is 0.609. The van der Waals surface area contributed by atoms with E-state index in [4.69, 9.17) is 12.2 Å². The second kappa shape index (κ2) is 9.88. The largest absolute Gasteiger partial charge is 0.349 e. The van der Waals surface area contributed by atoms with E-state index in [0.29, 0.717) is 39.6 Å². The summed E-state index contributed by atoms with van der Waals surface area (Å²) in [5.74, 6) is 0.992. The molecular formula is C23H34N4O2S. The SMILES string of the molecule is CCN(CC)CCn1c(=S)[nH]c2cc(C(=O)N[C@@H]3CCC[C@H](C)[C@@H]3C)ccc2c1=O. The number of nitrogens with one attached hydrogen (secondary N) is 2. The van der Waals surface area contributed by atoms with Crippen LogP contribution in [0.3, 0.4) is 0 Å². The zero-order valence-corrected chi connectivity index (χ0v) is 19.3. The molecule has 2 N–H and O–H groups in total. The Hall–Kier alpha value is -1.99. The van der Waals surface area contributed by atoms with Gasteiger partial charge in [-0.05, 0) is 61.8 Å². The summed E-state index contributed by atoms with van der Waals surface area (Å²) in [6.07, 6.45) is 3.39. The molecule has 1 aromatic carbocycles. The Kier molecular flexibility index (Phi) is 7.47. The van der Waals surface area contributed by atoms with Crippen LogP contribution in [0.4, 0.5) is 0 Å². The van der Waals surface area contributed by atoms with Gasteiger partial charge in [-0.15, -0.1) is 0 Å². The molecule has 30 heavy (non-hydrogen) atoms. The van der Waals surface area contributed by atoms with Gasteiger partial charge in [0.15, 0.2) is 4.77 Å². The summed E-state index contributed by atoms with van der Waals surface area (Å²) in [4.78, 5) is 31.2.